The van der Waals surface area contributed by atoms with Crippen LogP contribution in [0.2, 0.25) is 0 Å². The predicted molar refractivity (Wildman–Crippen MR) is 91.6 cm³/mol. The minimum absolute atomic E-state index is 0.0109. The maximum Gasteiger partial charge on any atom is 0.317 e. The number of likely N-dealkylation sites (tertiary alicyclic amines) is 2. The van der Waals surface area contributed by atoms with E-state index in [1.807, 2.05) is 9.80 Å². The Bertz CT molecular complexity index is 435. The SMILES string of the molecule is CC1CCN(C(=O)C2CCN(C(=O)NC[C@@H]3CCCO3)CC2)CC1. The highest BCUT2D eigenvalue weighted by Gasteiger charge is 2.31. The van der Waals surface area contributed by atoms with Gasteiger partial charge in [-0.05, 0) is 44.4 Å². The van der Waals surface area contributed by atoms with Gasteiger partial charge in [-0.3, -0.25) is 4.79 Å². The Balaban J connectivity index is 1.38. The molecule has 3 aliphatic rings. The third-order valence-electron chi connectivity index (χ3n) is 5.73. The van der Waals surface area contributed by atoms with Crippen LogP contribution in [0.1, 0.15) is 45.4 Å². The highest BCUT2D eigenvalue weighted by atomic mass is 16.5. The van der Waals surface area contributed by atoms with Crippen molar-refractivity contribution in [1.82, 2.24) is 15.1 Å². The van der Waals surface area contributed by atoms with Gasteiger partial charge in [-0.25, -0.2) is 4.79 Å². The van der Waals surface area contributed by atoms with E-state index >= 15 is 0 Å². The Morgan fingerprint density at radius 3 is 2.29 bits per heavy atom. The van der Waals surface area contributed by atoms with Gasteiger partial charge in [-0.1, -0.05) is 6.92 Å². The molecule has 0 aromatic carbocycles. The number of carbonyl (C=O) groups is 2. The predicted octanol–water partition coefficient (Wildman–Crippen LogP) is 1.85. The average molecular weight is 337 g/mol. The molecule has 0 spiro atoms. The minimum Gasteiger partial charge on any atom is -0.376 e. The first-order valence-corrected chi connectivity index (χ1v) is 9.56. The van der Waals surface area contributed by atoms with Gasteiger partial charge in [0.1, 0.15) is 0 Å². The number of hydrogen-bond donors (Lipinski definition) is 1. The molecule has 1 N–H and O–H groups in total. The number of ether oxygens (including phenoxy) is 1. The van der Waals surface area contributed by atoms with Gasteiger partial charge in [0, 0.05) is 45.2 Å². The van der Waals surface area contributed by atoms with Crippen molar-refractivity contribution in [2.24, 2.45) is 11.8 Å². The molecule has 0 unspecified atom stereocenters. The molecule has 6 nitrogen and oxygen atoms in total. The van der Waals surface area contributed by atoms with E-state index in [2.05, 4.69) is 12.2 Å². The topological polar surface area (TPSA) is 61.9 Å². The number of amides is 3. The van der Waals surface area contributed by atoms with Crippen LogP contribution >= 0.6 is 0 Å². The van der Waals surface area contributed by atoms with E-state index in [-0.39, 0.29) is 18.1 Å². The number of hydrogen-bond acceptors (Lipinski definition) is 3. The molecule has 3 fully saturated rings. The standard InChI is InChI=1S/C18H31N3O3/c1-14-4-8-20(9-5-14)17(22)15-6-10-21(11-7-15)18(23)19-13-16-3-2-12-24-16/h14-16H,2-13H2,1H3,(H,19,23)/t16-/m0/s1. The molecule has 0 saturated carbocycles. The van der Waals surface area contributed by atoms with Gasteiger partial charge in [0.2, 0.25) is 5.91 Å². The highest BCUT2D eigenvalue weighted by molar-refractivity contribution is 5.80. The number of rotatable bonds is 3. The van der Waals surface area contributed by atoms with Gasteiger partial charge in [-0.2, -0.15) is 0 Å². The number of nitrogens with zero attached hydrogens (tertiary/aromatic N) is 2. The Labute approximate surface area is 144 Å². The van der Waals surface area contributed by atoms with E-state index in [9.17, 15) is 9.59 Å². The van der Waals surface area contributed by atoms with Crippen LogP contribution < -0.4 is 5.32 Å². The fourth-order valence-corrected chi connectivity index (χ4v) is 3.93. The molecular formula is C18H31N3O3. The second-order valence-corrected chi connectivity index (χ2v) is 7.59. The zero-order chi connectivity index (χ0) is 16.9. The third kappa shape index (κ3) is 4.41. The summed E-state index contributed by atoms with van der Waals surface area (Å²) in [4.78, 5) is 28.7. The van der Waals surface area contributed by atoms with E-state index in [4.69, 9.17) is 4.74 Å². The monoisotopic (exact) mass is 337 g/mol. The van der Waals surface area contributed by atoms with Gasteiger partial charge in [0.05, 0.1) is 6.10 Å². The fraction of sp³-hybridized carbons (Fsp3) is 0.889. The summed E-state index contributed by atoms with van der Waals surface area (Å²) in [5.74, 6) is 1.14. The molecule has 24 heavy (non-hydrogen) atoms. The van der Waals surface area contributed by atoms with E-state index in [0.29, 0.717) is 25.5 Å². The first-order valence-electron chi connectivity index (χ1n) is 9.56. The van der Waals surface area contributed by atoms with E-state index in [0.717, 1.165) is 64.1 Å². The maximum absolute atomic E-state index is 12.6. The molecule has 3 saturated heterocycles. The Morgan fingerprint density at radius 1 is 1.00 bits per heavy atom. The molecule has 0 radical (unpaired) electrons. The average Bonchev–Trinajstić information content (AvgIpc) is 3.13. The van der Waals surface area contributed by atoms with Crippen LogP contribution in [0.3, 0.4) is 0 Å². The molecule has 0 aliphatic carbocycles. The van der Waals surface area contributed by atoms with Gasteiger partial charge in [-0.15, -0.1) is 0 Å². The van der Waals surface area contributed by atoms with Crippen molar-refractivity contribution in [3.05, 3.63) is 0 Å². The summed E-state index contributed by atoms with van der Waals surface area (Å²) in [6.45, 7) is 6.84. The van der Waals surface area contributed by atoms with Crippen molar-refractivity contribution in [2.45, 2.75) is 51.6 Å². The van der Waals surface area contributed by atoms with Crippen LogP contribution in [0.15, 0.2) is 0 Å². The summed E-state index contributed by atoms with van der Waals surface area (Å²) < 4.78 is 5.53. The normalized spacial score (nSPS) is 26.6. The number of carbonyl (C=O) groups excluding carboxylic acids is 2. The van der Waals surface area contributed by atoms with Gasteiger partial charge in [0.15, 0.2) is 0 Å². The molecule has 3 aliphatic heterocycles. The zero-order valence-electron chi connectivity index (χ0n) is 14.8. The Kier molecular flexibility index (Phi) is 5.98. The van der Waals surface area contributed by atoms with E-state index in [1.54, 1.807) is 0 Å². The van der Waals surface area contributed by atoms with Crippen LogP contribution in [0, 0.1) is 11.8 Å². The third-order valence-corrected chi connectivity index (χ3v) is 5.73. The van der Waals surface area contributed by atoms with E-state index in [1.165, 1.54) is 0 Å². The molecular weight excluding hydrogens is 306 g/mol. The summed E-state index contributed by atoms with van der Waals surface area (Å²) in [7, 11) is 0. The second-order valence-electron chi connectivity index (χ2n) is 7.59. The second kappa shape index (κ2) is 8.19. The first-order chi connectivity index (χ1) is 11.6. The van der Waals surface area contributed by atoms with Gasteiger partial charge in [0.25, 0.3) is 0 Å². The van der Waals surface area contributed by atoms with Crippen molar-refractivity contribution in [3.63, 3.8) is 0 Å². The lowest BCUT2D eigenvalue weighted by molar-refractivity contribution is -0.138. The summed E-state index contributed by atoms with van der Waals surface area (Å²) in [6.07, 6.45) is 6.12. The molecule has 3 heterocycles. The van der Waals surface area contributed by atoms with Crippen LogP contribution in [0.25, 0.3) is 0 Å². The summed E-state index contributed by atoms with van der Waals surface area (Å²) in [5, 5.41) is 2.97. The summed E-state index contributed by atoms with van der Waals surface area (Å²) in [5.41, 5.74) is 0. The number of piperidine rings is 2. The zero-order valence-corrected chi connectivity index (χ0v) is 14.8. The lowest BCUT2D eigenvalue weighted by Gasteiger charge is -2.36. The molecule has 0 aromatic rings. The van der Waals surface area contributed by atoms with Crippen molar-refractivity contribution < 1.29 is 14.3 Å². The molecule has 6 heteroatoms. The Morgan fingerprint density at radius 2 is 1.67 bits per heavy atom. The van der Waals surface area contributed by atoms with Crippen molar-refractivity contribution >= 4 is 11.9 Å². The smallest absolute Gasteiger partial charge is 0.317 e. The van der Waals surface area contributed by atoms with Crippen molar-refractivity contribution in [1.29, 1.82) is 0 Å². The number of nitrogens with one attached hydrogen (secondary N) is 1. The Hall–Kier alpha value is -1.30. The number of urea groups is 1. The lowest BCUT2D eigenvalue weighted by Crippen LogP contribution is -2.49. The van der Waals surface area contributed by atoms with Crippen LogP contribution in [-0.4, -0.2) is 67.2 Å². The van der Waals surface area contributed by atoms with Crippen molar-refractivity contribution in [3.8, 4) is 0 Å². The van der Waals surface area contributed by atoms with Crippen LogP contribution in [0.5, 0.6) is 0 Å². The first kappa shape index (κ1) is 17.5. The van der Waals surface area contributed by atoms with Crippen LogP contribution in [0.4, 0.5) is 4.79 Å². The lowest BCUT2D eigenvalue weighted by atomic mass is 9.93. The quantitative estimate of drug-likeness (QED) is 0.855. The molecule has 3 amide bonds. The molecule has 136 valence electrons. The molecule has 0 bridgehead atoms. The largest absolute Gasteiger partial charge is 0.376 e. The maximum atomic E-state index is 12.6. The minimum atomic E-state index is -0.0109. The van der Waals surface area contributed by atoms with E-state index < -0.39 is 0 Å². The van der Waals surface area contributed by atoms with Crippen molar-refractivity contribution in [2.75, 3.05) is 39.3 Å². The molecule has 3 rings (SSSR count). The van der Waals surface area contributed by atoms with Gasteiger partial charge < -0.3 is 19.9 Å². The highest BCUT2D eigenvalue weighted by Crippen LogP contribution is 2.23. The van der Waals surface area contributed by atoms with Gasteiger partial charge >= 0.3 is 6.03 Å². The molecule has 1 atom stereocenters. The summed E-state index contributed by atoms with van der Waals surface area (Å²) >= 11 is 0. The van der Waals surface area contributed by atoms with Crippen LogP contribution in [-0.2, 0) is 9.53 Å². The summed E-state index contributed by atoms with van der Waals surface area (Å²) in [6, 6.07) is -0.0109. The fourth-order valence-electron chi connectivity index (χ4n) is 3.93. The molecule has 0 aromatic heterocycles.